The van der Waals surface area contributed by atoms with Crippen molar-refractivity contribution in [3.8, 4) is 0 Å². The summed E-state index contributed by atoms with van der Waals surface area (Å²) < 4.78 is 99.7. The molecular formula is C17H13ClF7N5O3. The van der Waals surface area contributed by atoms with Crippen LogP contribution in [0.3, 0.4) is 0 Å². The van der Waals surface area contributed by atoms with Gasteiger partial charge in [0, 0.05) is 0 Å². The summed E-state index contributed by atoms with van der Waals surface area (Å²) in [6.45, 7) is -2.50. The summed E-state index contributed by atoms with van der Waals surface area (Å²) in [5, 5.41) is 8.61. The number of carbonyl (C=O) groups excluding carboxylic acids is 1. The van der Waals surface area contributed by atoms with E-state index in [1.807, 2.05) is 0 Å². The first-order valence-electron chi connectivity index (χ1n) is 8.84. The van der Waals surface area contributed by atoms with Crippen LogP contribution < -0.4 is 5.32 Å². The summed E-state index contributed by atoms with van der Waals surface area (Å²) in [5.41, 5.74) is -1.82. The van der Waals surface area contributed by atoms with Crippen LogP contribution in [0.4, 0.5) is 36.4 Å². The molecule has 1 amide bonds. The van der Waals surface area contributed by atoms with Crippen LogP contribution in [0, 0.1) is 0 Å². The fourth-order valence-electron chi connectivity index (χ4n) is 2.62. The van der Waals surface area contributed by atoms with Crippen molar-refractivity contribution in [1.29, 1.82) is 0 Å². The van der Waals surface area contributed by atoms with Gasteiger partial charge in [0.15, 0.2) is 5.76 Å². The third-order valence-electron chi connectivity index (χ3n) is 3.94. The monoisotopic (exact) mass is 503 g/mol. The van der Waals surface area contributed by atoms with E-state index < -0.39 is 61.2 Å². The summed E-state index contributed by atoms with van der Waals surface area (Å²) in [6, 6.07) is 2.44. The lowest BCUT2D eigenvalue weighted by Gasteiger charge is -2.07. The summed E-state index contributed by atoms with van der Waals surface area (Å²) >= 11 is 5.58. The standard InChI is InChI=1S/C17H13ClF7N5O3/c18-11-12(14(19)20)28-30(13(11)15(21)22)5-9-1-2-10(33-9)16(31)27-8-3-26-29(4-8)7-32-6-17(23,24)25/h1-4,14-15H,5-7H2,(H,27,31). The van der Waals surface area contributed by atoms with E-state index in [4.69, 9.17) is 16.0 Å². The summed E-state index contributed by atoms with van der Waals surface area (Å²) in [6.07, 6.45) is -8.52. The highest BCUT2D eigenvalue weighted by Crippen LogP contribution is 2.35. The van der Waals surface area contributed by atoms with Gasteiger partial charge in [-0.25, -0.2) is 22.2 Å². The molecule has 0 saturated heterocycles. The fraction of sp³-hybridized carbons (Fsp3) is 0.353. The van der Waals surface area contributed by atoms with Crippen LogP contribution in [0.25, 0.3) is 0 Å². The summed E-state index contributed by atoms with van der Waals surface area (Å²) in [4.78, 5) is 12.3. The molecule has 0 atom stereocenters. The van der Waals surface area contributed by atoms with Gasteiger partial charge in [-0.1, -0.05) is 11.6 Å². The second-order valence-electron chi connectivity index (χ2n) is 6.42. The van der Waals surface area contributed by atoms with E-state index in [1.165, 1.54) is 18.3 Å². The summed E-state index contributed by atoms with van der Waals surface area (Å²) in [5.74, 6) is -1.12. The number of halogens is 8. The number of ether oxygens (including phenoxy) is 1. The quantitative estimate of drug-likeness (QED) is 0.414. The van der Waals surface area contributed by atoms with Gasteiger partial charge in [0.2, 0.25) is 0 Å². The van der Waals surface area contributed by atoms with E-state index in [-0.39, 0.29) is 17.2 Å². The normalized spacial score (nSPS) is 12.2. The highest BCUT2D eigenvalue weighted by Gasteiger charge is 2.29. The van der Waals surface area contributed by atoms with Gasteiger partial charge in [0.05, 0.1) is 29.6 Å². The molecule has 3 aromatic rings. The molecule has 8 nitrogen and oxygen atoms in total. The molecule has 0 fully saturated rings. The Balaban J connectivity index is 1.64. The summed E-state index contributed by atoms with van der Waals surface area (Å²) in [7, 11) is 0. The first kappa shape index (κ1) is 24.6. The first-order valence-corrected chi connectivity index (χ1v) is 9.22. The minimum Gasteiger partial charge on any atom is -0.454 e. The molecule has 0 unspecified atom stereocenters. The topological polar surface area (TPSA) is 87.1 Å². The van der Waals surface area contributed by atoms with Crippen molar-refractivity contribution >= 4 is 23.2 Å². The van der Waals surface area contributed by atoms with Gasteiger partial charge >= 0.3 is 6.18 Å². The Morgan fingerprint density at radius 2 is 1.94 bits per heavy atom. The second-order valence-corrected chi connectivity index (χ2v) is 6.80. The first-order chi connectivity index (χ1) is 15.4. The van der Waals surface area contributed by atoms with Crippen LogP contribution in [0.2, 0.25) is 5.02 Å². The Bertz CT molecular complexity index is 1110. The molecule has 0 aliphatic heterocycles. The van der Waals surface area contributed by atoms with Crippen molar-refractivity contribution in [2.45, 2.75) is 32.3 Å². The van der Waals surface area contributed by atoms with Crippen LogP contribution in [-0.2, 0) is 18.0 Å². The number of amides is 1. The molecule has 1 N–H and O–H groups in total. The Hall–Kier alpha value is -3.07. The van der Waals surface area contributed by atoms with Crippen molar-refractivity contribution in [3.05, 3.63) is 52.5 Å². The fourth-order valence-corrected chi connectivity index (χ4v) is 2.92. The van der Waals surface area contributed by atoms with Crippen LogP contribution >= 0.6 is 11.6 Å². The average molecular weight is 504 g/mol. The predicted molar refractivity (Wildman–Crippen MR) is 97.1 cm³/mol. The number of nitrogens with one attached hydrogen (secondary N) is 1. The molecule has 0 bridgehead atoms. The number of hydrogen-bond donors (Lipinski definition) is 1. The number of anilines is 1. The van der Waals surface area contributed by atoms with Gasteiger partial charge in [-0.2, -0.15) is 23.4 Å². The highest BCUT2D eigenvalue weighted by molar-refractivity contribution is 6.32. The van der Waals surface area contributed by atoms with E-state index in [2.05, 4.69) is 20.3 Å². The molecule has 33 heavy (non-hydrogen) atoms. The zero-order valence-electron chi connectivity index (χ0n) is 16.1. The van der Waals surface area contributed by atoms with E-state index in [1.54, 1.807) is 0 Å². The molecule has 3 rings (SSSR count). The minimum absolute atomic E-state index is 0.0571. The van der Waals surface area contributed by atoms with Crippen molar-refractivity contribution in [1.82, 2.24) is 19.6 Å². The molecule has 16 heteroatoms. The second kappa shape index (κ2) is 9.82. The number of carbonyl (C=O) groups is 1. The van der Waals surface area contributed by atoms with E-state index in [9.17, 15) is 35.5 Å². The Morgan fingerprint density at radius 3 is 2.58 bits per heavy atom. The van der Waals surface area contributed by atoms with Crippen molar-refractivity contribution < 1.29 is 44.7 Å². The van der Waals surface area contributed by atoms with E-state index in [0.29, 0.717) is 4.68 Å². The minimum atomic E-state index is -4.50. The van der Waals surface area contributed by atoms with Crippen molar-refractivity contribution in [2.75, 3.05) is 11.9 Å². The SMILES string of the molecule is O=C(Nc1cnn(COCC(F)(F)F)c1)c1ccc(Cn2nc(C(F)F)c(Cl)c2C(F)F)o1. The smallest absolute Gasteiger partial charge is 0.411 e. The lowest BCUT2D eigenvalue weighted by atomic mass is 10.3. The largest absolute Gasteiger partial charge is 0.454 e. The van der Waals surface area contributed by atoms with Gasteiger partial charge in [-0.15, -0.1) is 0 Å². The Morgan fingerprint density at radius 1 is 1.21 bits per heavy atom. The molecule has 0 spiro atoms. The van der Waals surface area contributed by atoms with Crippen molar-refractivity contribution in [3.63, 3.8) is 0 Å². The predicted octanol–water partition coefficient (Wildman–Crippen LogP) is 5.04. The third kappa shape index (κ3) is 6.25. The third-order valence-corrected chi connectivity index (χ3v) is 4.33. The number of hydrogen-bond acceptors (Lipinski definition) is 5. The van der Waals surface area contributed by atoms with Crippen LogP contribution in [0.15, 0.2) is 28.9 Å². The number of alkyl halides is 7. The maximum Gasteiger partial charge on any atom is 0.411 e. The number of rotatable bonds is 9. The molecule has 0 aliphatic carbocycles. The van der Waals surface area contributed by atoms with Crippen LogP contribution in [0.5, 0.6) is 0 Å². The molecule has 3 aromatic heterocycles. The van der Waals surface area contributed by atoms with Gasteiger partial charge < -0.3 is 14.5 Å². The lowest BCUT2D eigenvalue weighted by Crippen LogP contribution is -2.18. The number of furan rings is 1. The lowest BCUT2D eigenvalue weighted by molar-refractivity contribution is -0.182. The van der Waals surface area contributed by atoms with Gasteiger partial charge in [-0.3, -0.25) is 9.48 Å². The Kier molecular flexibility index (Phi) is 7.31. The molecular weight excluding hydrogens is 491 g/mol. The van der Waals surface area contributed by atoms with E-state index >= 15 is 0 Å². The number of nitrogens with zero attached hydrogens (tertiary/aromatic N) is 4. The zero-order valence-corrected chi connectivity index (χ0v) is 16.9. The van der Waals surface area contributed by atoms with Gasteiger partial charge in [0.1, 0.15) is 30.5 Å². The molecule has 0 aromatic carbocycles. The highest BCUT2D eigenvalue weighted by atomic mass is 35.5. The van der Waals surface area contributed by atoms with Crippen LogP contribution in [-0.4, -0.2) is 38.3 Å². The van der Waals surface area contributed by atoms with Gasteiger partial charge in [0.25, 0.3) is 18.8 Å². The van der Waals surface area contributed by atoms with E-state index in [0.717, 1.165) is 10.9 Å². The van der Waals surface area contributed by atoms with Crippen LogP contribution in [0.1, 0.15) is 40.6 Å². The molecule has 3 heterocycles. The molecule has 0 aliphatic rings. The number of aromatic nitrogens is 4. The molecule has 180 valence electrons. The average Bonchev–Trinajstić information content (AvgIpc) is 3.40. The molecule has 0 radical (unpaired) electrons. The maximum atomic E-state index is 13.2. The zero-order chi connectivity index (χ0) is 24.3. The Labute approximate surface area is 184 Å². The van der Waals surface area contributed by atoms with Gasteiger partial charge in [-0.05, 0) is 12.1 Å². The van der Waals surface area contributed by atoms with Crippen molar-refractivity contribution in [2.24, 2.45) is 0 Å². The molecule has 0 saturated carbocycles. The maximum absolute atomic E-state index is 13.2.